The Labute approximate surface area is 126 Å². The van der Waals surface area contributed by atoms with Gasteiger partial charge in [0.15, 0.2) is 0 Å². The molecule has 2 unspecified atom stereocenters. The van der Waals surface area contributed by atoms with Crippen molar-refractivity contribution in [1.82, 2.24) is 10.2 Å². The minimum absolute atomic E-state index is 0.0431. The maximum absolute atomic E-state index is 12.9. The number of piperazine rings is 1. The van der Waals surface area contributed by atoms with Crippen LogP contribution in [0.3, 0.4) is 0 Å². The van der Waals surface area contributed by atoms with E-state index in [4.69, 9.17) is 4.74 Å². The van der Waals surface area contributed by atoms with Gasteiger partial charge in [0.05, 0.1) is 6.10 Å². The van der Waals surface area contributed by atoms with Crippen LogP contribution in [0.5, 0.6) is 0 Å². The van der Waals surface area contributed by atoms with Gasteiger partial charge in [-0.25, -0.2) is 0 Å². The number of hydrogen-bond acceptors (Lipinski definition) is 3. The van der Waals surface area contributed by atoms with Gasteiger partial charge in [-0.05, 0) is 38.5 Å². The number of hydrogen-bond donors (Lipinski definition) is 1. The normalized spacial score (nSPS) is 30.4. The minimum Gasteiger partial charge on any atom is -0.380 e. The summed E-state index contributed by atoms with van der Waals surface area (Å²) in [5.74, 6) is 0.535. The molecule has 5 nitrogen and oxygen atoms in total. The molecule has 0 aromatic carbocycles. The first kappa shape index (κ1) is 14.8. The molecule has 1 saturated heterocycles. The first-order valence-corrected chi connectivity index (χ1v) is 8.24. The maximum Gasteiger partial charge on any atom is 0.246 e. The average molecular weight is 294 g/mol. The molecule has 2 aliphatic carbocycles. The van der Waals surface area contributed by atoms with Crippen molar-refractivity contribution >= 4 is 11.8 Å². The van der Waals surface area contributed by atoms with Crippen LogP contribution in [0.1, 0.15) is 51.9 Å². The summed E-state index contributed by atoms with van der Waals surface area (Å²) in [4.78, 5) is 27.6. The number of nitrogens with one attached hydrogen (secondary N) is 1. The van der Waals surface area contributed by atoms with E-state index >= 15 is 0 Å². The molecule has 3 fully saturated rings. The van der Waals surface area contributed by atoms with Crippen molar-refractivity contribution in [3.63, 3.8) is 0 Å². The van der Waals surface area contributed by atoms with Crippen LogP contribution in [-0.2, 0) is 14.3 Å². The lowest BCUT2D eigenvalue weighted by molar-refractivity contribution is -0.163. The molecule has 0 bridgehead atoms. The third-order valence-corrected chi connectivity index (χ3v) is 5.37. The van der Waals surface area contributed by atoms with Crippen LogP contribution in [0.2, 0.25) is 0 Å². The van der Waals surface area contributed by atoms with Gasteiger partial charge < -0.3 is 15.0 Å². The fourth-order valence-electron chi connectivity index (χ4n) is 3.82. The van der Waals surface area contributed by atoms with E-state index in [1.165, 1.54) is 0 Å². The van der Waals surface area contributed by atoms with Crippen LogP contribution in [0.4, 0.5) is 0 Å². The highest BCUT2D eigenvalue weighted by atomic mass is 16.5. The van der Waals surface area contributed by atoms with Crippen LogP contribution < -0.4 is 5.32 Å². The standard InChI is InChI=1S/C16H26N2O3/c1-11(21-2)10-18-14(19)13(12-6-7-12)17-15(20)16(18)8-4-3-5-9-16/h11-13H,3-10H2,1-2H3,(H,17,20). The molecule has 5 heteroatoms. The Balaban J connectivity index is 1.88. The summed E-state index contributed by atoms with van der Waals surface area (Å²) in [5.41, 5.74) is -0.618. The van der Waals surface area contributed by atoms with Gasteiger partial charge in [0.25, 0.3) is 0 Å². The van der Waals surface area contributed by atoms with Crippen LogP contribution in [0.15, 0.2) is 0 Å². The Kier molecular flexibility index (Phi) is 3.95. The summed E-state index contributed by atoms with van der Waals surface area (Å²) >= 11 is 0. The summed E-state index contributed by atoms with van der Waals surface area (Å²) in [6.45, 7) is 2.48. The van der Waals surface area contributed by atoms with Crippen molar-refractivity contribution in [2.45, 2.75) is 69.6 Å². The van der Waals surface area contributed by atoms with Gasteiger partial charge in [0.1, 0.15) is 11.6 Å². The molecule has 118 valence electrons. The van der Waals surface area contributed by atoms with E-state index in [2.05, 4.69) is 5.32 Å². The first-order chi connectivity index (χ1) is 10.1. The van der Waals surface area contributed by atoms with E-state index in [1.807, 2.05) is 11.8 Å². The fourth-order valence-corrected chi connectivity index (χ4v) is 3.82. The van der Waals surface area contributed by atoms with Gasteiger partial charge in [0, 0.05) is 13.7 Å². The quantitative estimate of drug-likeness (QED) is 0.854. The predicted octanol–water partition coefficient (Wildman–Crippen LogP) is 1.46. The molecular weight excluding hydrogens is 268 g/mol. The van der Waals surface area contributed by atoms with Crippen molar-refractivity contribution < 1.29 is 14.3 Å². The summed E-state index contributed by atoms with van der Waals surface area (Å²) < 4.78 is 5.36. The summed E-state index contributed by atoms with van der Waals surface area (Å²) in [5, 5.41) is 3.04. The molecule has 1 heterocycles. The monoisotopic (exact) mass is 294 g/mol. The molecule has 2 saturated carbocycles. The Morgan fingerprint density at radius 3 is 2.52 bits per heavy atom. The van der Waals surface area contributed by atoms with E-state index in [0.717, 1.165) is 44.9 Å². The second kappa shape index (κ2) is 5.59. The highest BCUT2D eigenvalue weighted by molar-refractivity contribution is 6.00. The van der Waals surface area contributed by atoms with Gasteiger partial charge in [0.2, 0.25) is 11.8 Å². The third-order valence-electron chi connectivity index (χ3n) is 5.37. The molecule has 3 aliphatic rings. The molecule has 1 N–H and O–H groups in total. The van der Waals surface area contributed by atoms with Crippen LogP contribution in [-0.4, -0.2) is 48.1 Å². The van der Waals surface area contributed by atoms with Crippen molar-refractivity contribution in [2.75, 3.05) is 13.7 Å². The topological polar surface area (TPSA) is 58.6 Å². The van der Waals surface area contributed by atoms with Gasteiger partial charge in [-0.1, -0.05) is 19.3 Å². The molecule has 0 aromatic rings. The van der Waals surface area contributed by atoms with E-state index in [1.54, 1.807) is 7.11 Å². The number of carbonyl (C=O) groups is 2. The van der Waals surface area contributed by atoms with Crippen LogP contribution >= 0.6 is 0 Å². The molecule has 0 aromatic heterocycles. The van der Waals surface area contributed by atoms with Crippen molar-refractivity contribution in [3.8, 4) is 0 Å². The maximum atomic E-state index is 12.9. The van der Waals surface area contributed by atoms with Crippen LogP contribution in [0.25, 0.3) is 0 Å². The molecule has 1 spiro atoms. The van der Waals surface area contributed by atoms with E-state index < -0.39 is 5.54 Å². The second-order valence-electron chi connectivity index (χ2n) is 6.88. The third kappa shape index (κ3) is 2.56. The lowest BCUT2D eigenvalue weighted by Crippen LogP contribution is -2.72. The highest BCUT2D eigenvalue weighted by Gasteiger charge is 2.55. The average Bonchev–Trinajstić information content (AvgIpc) is 3.33. The van der Waals surface area contributed by atoms with Gasteiger partial charge in [-0.2, -0.15) is 0 Å². The Morgan fingerprint density at radius 1 is 1.29 bits per heavy atom. The van der Waals surface area contributed by atoms with E-state index in [-0.39, 0.29) is 24.0 Å². The zero-order valence-electron chi connectivity index (χ0n) is 13.1. The number of methoxy groups -OCH3 is 1. The second-order valence-corrected chi connectivity index (χ2v) is 6.88. The zero-order chi connectivity index (χ0) is 15.0. The number of amides is 2. The summed E-state index contributed by atoms with van der Waals surface area (Å²) in [6, 6.07) is -0.297. The molecule has 0 radical (unpaired) electrons. The molecule has 2 amide bonds. The van der Waals surface area contributed by atoms with Crippen molar-refractivity contribution in [3.05, 3.63) is 0 Å². The van der Waals surface area contributed by atoms with Gasteiger partial charge >= 0.3 is 0 Å². The Morgan fingerprint density at radius 2 is 1.95 bits per heavy atom. The minimum atomic E-state index is -0.618. The predicted molar refractivity (Wildman–Crippen MR) is 78.7 cm³/mol. The van der Waals surface area contributed by atoms with Crippen molar-refractivity contribution in [2.24, 2.45) is 5.92 Å². The number of ether oxygens (including phenoxy) is 1. The smallest absolute Gasteiger partial charge is 0.246 e. The van der Waals surface area contributed by atoms with Gasteiger partial charge in [-0.3, -0.25) is 9.59 Å². The lowest BCUT2D eigenvalue weighted by atomic mass is 9.77. The molecule has 21 heavy (non-hydrogen) atoms. The summed E-state index contributed by atoms with van der Waals surface area (Å²) in [7, 11) is 1.66. The number of rotatable bonds is 4. The van der Waals surface area contributed by atoms with E-state index in [9.17, 15) is 9.59 Å². The molecular formula is C16H26N2O3. The number of nitrogens with zero attached hydrogens (tertiary/aromatic N) is 1. The Hall–Kier alpha value is -1.10. The zero-order valence-corrected chi connectivity index (χ0v) is 13.1. The largest absolute Gasteiger partial charge is 0.380 e. The first-order valence-electron chi connectivity index (χ1n) is 8.24. The summed E-state index contributed by atoms with van der Waals surface area (Å²) in [6.07, 6.45) is 6.84. The fraction of sp³-hybridized carbons (Fsp3) is 0.875. The molecule has 3 rings (SSSR count). The van der Waals surface area contributed by atoms with Crippen LogP contribution in [0, 0.1) is 5.92 Å². The molecule has 2 atom stereocenters. The SMILES string of the molecule is COC(C)CN1C(=O)C(C2CC2)NC(=O)C12CCCCC2. The van der Waals surface area contributed by atoms with Crippen molar-refractivity contribution in [1.29, 1.82) is 0 Å². The Bertz CT molecular complexity index is 427. The number of carbonyl (C=O) groups excluding carboxylic acids is 2. The van der Waals surface area contributed by atoms with E-state index in [0.29, 0.717) is 12.5 Å². The molecule has 1 aliphatic heterocycles. The lowest BCUT2D eigenvalue weighted by Gasteiger charge is -2.50. The van der Waals surface area contributed by atoms with Gasteiger partial charge in [-0.15, -0.1) is 0 Å². The highest BCUT2D eigenvalue weighted by Crippen LogP contribution is 2.41.